The molecule has 1 amide bonds. The highest BCUT2D eigenvalue weighted by Gasteiger charge is 2.08. The lowest BCUT2D eigenvalue weighted by atomic mass is 10.1. The van der Waals surface area contributed by atoms with Crippen molar-refractivity contribution in [3.8, 4) is 0 Å². The summed E-state index contributed by atoms with van der Waals surface area (Å²) < 4.78 is 0. The average molecular weight is 352 g/mol. The summed E-state index contributed by atoms with van der Waals surface area (Å²) in [4.78, 5) is 22.3. The Labute approximate surface area is 151 Å². The SMILES string of the molecule is Cc1cccc(C)c1NCC(=O)N/N=C/C=C/c1ccccc1[N+](=O)[O-]. The number of aryl methyl sites for hydroxylation is 2. The average Bonchev–Trinajstić information content (AvgIpc) is 2.61. The molecular weight excluding hydrogens is 332 g/mol. The number of carbonyl (C=O) groups is 1. The number of para-hydroxylation sites is 2. The molecule has 0 saturated heterocycles. The van der Waals surface area contributed by atoms with E-state index in [1.807, 2.05) is 32.0 Å². The first kappa shape index (κ1) is 18.9. The molecule has 2 rings (SSSR count). The number of carbonyl (C=O) groups excluding carboxylic acids is 1. The van der Waals surface area contributed by atoms with Crippen LogP contribution in [0.25, 0.3) is 6.08 Å². The summed E-state index contributed by atoms with van der Waals surface area (Å²) in [5.74, 6) is -0.289. The maximum atomic E-state index is 11.8. The molecule has 2 aromatic rings. The summed E-state index contributed by atoms with van der Waals surface area (Å²) in [6.45, 7) is 4.04. The summed E-state index contributed by atoms with van der Waals surface area (Å²) in [6, 6.07) is 12.3. The molecule has 0 aliphatic rings. The number of hydrazone groups is 1. The van der Waals surface area contributed by atoms with Gasteiger partial charge < -0.3 is 5.32 Å². The first-order valence-electron chi connectivity index (χ1n) is 8.01. The summed E-state index contributed by atoms with van der Waals surface area (Å²) in [7, 11) is 0. The van der Waals surface area contributed by atoms with Crippen LogP contribution in [-0.2, 0) is 4.79 Å². The van der Waals surface area contributed by atoms with Crippen molar-refractivity contribution >= 4 is 29.6 Å². The van der Waals surface area contributed by atoms with Crippen LogP contribution in [0.3, 0.4) is 0 Å². The van der Waals surface area contributed by atoms with Gasteiger partial charge in [-0.1, -0.05) is 30.3 Å². The minimum Gasteiger partial charge on any atom is -0.376 e. The van der Waals surface area contributed by atoms with Crippen LogP contribution in [0.5, 0.6) is 0 Å². The fourth-order valence-corrected chi connectivity index (χ4v) is 2.40. The number of rotatable bonds is 7. The standard InChI is InChI=1S/C19H20N4O3/c1-14-7-5-8-15(2)19(14)20-13-18(24)22-21-12-6-10-16-9-3-4-11-17(16)23(25)26/h3-12,20H,13H2,1-2H3,(H,22,24)/b10-6+,21-12+. The second kappa shape index (κ2) is 9.12. The molecule has 2 aromatic carbocycles. The molecular formula is C19H20N4O3. The van der Waals surface area contributed by atoms with Gasteiger partial charge in [-0.25, -0.2) is 5.43 Å². The van der Waals surface area contributed by atoms with Crippen molar-refractivity contribution in [2.75, 3.05) is 11.9 Å². The maximum absolute atomic E-state index is 11.8. The normalized spacial score (nSPS) is 11.0. The molecule has 0 spiro atoms. The molecule has 7 heteroatoms. The topological polar surface area (TPSA) is 96.6 Å². The quantitative estimate of drug-likeness (QED) is 0.453. The van der Waals surface area contributed by atoms with Crippen LogP contribution in [0.15, 0.2) is 53.6 Å². The number of allylic oxidation sites excluding steroid dienone is 1. The number of nitro groups is 1. The predicted molar refractivity (Wildman–Crippen MR) is 103 cm³/mol. The van der Waals surface area contributed by atoms with Crippen LogP contribution in [0.1, 0.15) is 16.7 Å². The van der Waals surface area contributed by atoms with Crippen molar-refractivity contribution in [2.24, 2.45) is 5.10 Å². The minimum absolute atomic E-state index is 0.0130. The highest BCUT2D eigenvalue weighted by atomic mass is 16.6. The third-order valence-corrected chi connectivity index (χ3v) is 3.67. The number of hydrogen-bond donors (Lipinski definition) is 2. The highest BCUT2D eigenvalue weighted by Crippen LogP contribution is 2.19. The van der Waals surface area contributed by atoms with Crippen molar-refractivity contribution in [3.63, 3.8) is 0 Å². The Morgan fingerprint density at radius 1 is 1.15 bits per heavy atom. The van der Waals surface area contributed by atoms with Gasteiger partial charge in [-0.3, -0.25) is 14.9 Å². The molecule has 0 aromatic heterocycles. The number of hydrogen-bond acceptors (Lipinski definition) is 5. The van der Waals surface area contributed by atoms with Crippen LogP contribution in [0.2, 0.25) is 0 Å². The molecule has 0 saturated carbocycles. The van der Waals surface area contributed by atoms with E-state index in [1.54, 1.807) is 24.3 Å². The van der Waals surface area contributed by atoms with Crippen LogP contribution in [0, 0.1) is 24.0 Å². The zero-order valence-corrected chi connectivity index (χ0v) is 14.6. The van der Waals surface area contributed by atoms with E-state index in [2.05, 4.69) is 15.8 Å². The van der Waals surface area contributed by atoms with Crippen molar-refractivity contribution in [1.29, 1.82) is 0 Å². The molecule has 26 heavy (non-hydrogen) atoms. The van der Waals surface area contributed by atoms with Gasteiger partial charge in [-0.15, -0.1) is 0 Å². The van der Waals surface area contributed by atoms with E-state index in [0.29, 0.717) is 5.56 Å². The summed E-state index contributed by atoms with van der Waals surface area (Å²) in [6.07, 6.45) is 4.46. The van der Waals surface area contributed by atoms with E-state index in [9.17, 15) is 14.9 Å². The molecule has 0 atom stereocenters. The number of nitro benzene ring substituents is 1. The van der Waals surface area contributed by atoms with Gasteiger partial charge in [0.15, 0.2) is 0 Å². The van der Waals surface area contributed by atoms with Gasteiger partial charge in [0.25, 0.3) is 11.6 Å². The lowest BCUT2D eigenvalue weighted by molar-refractivity contribution is -0.385. The Kier molecular flexibility index (Phi) is 6.61. The van der Waals surface area contributed by atoms with Crippen LogP contribution in [-0.4, -0.2) is 23.6 Å². The molecule has 0 heterocycles. The fraction of sp³-hybridized carbons (Fsp3) is 0.158. The lowest BCUT2D eigenvalue weighted by Crippen LogP contribution is -2.26. The Hall–Kier alpha value is -3.48. The molecule has 0 unspecified atom stereocenters. The van der Waals surface area contributed by atoms with Gasteiger partial charge in [0.1, 0.15) is 0 Å². The Morgan fingerprint density at radius 2 is 1.85 bits per heavy atom. The Morgan fingerprint density at radius 3 is 2.54 bits per heavy atom. The monoisotopic (exact) mass is 352 g/mol. The van der Waals surface area contributed by atoms with Crippen LogP contribution < -0.4 is 10.7 Å². The third kappa shape index (κ3) is 5.27. The molecule has 2 N–H and O–H groups in total. The van der Waals surface area contributed by atoms with Gasteiger partial charge in [0.2, 0.25) is 0 Å². The van der Waals surface area contributed by atoms with Crippen molar-refractivity contribution < 1.29 is 9.72 Å². The highest BCUT2D eigenvalue weighted by molar-refractivity contribution is 5.84. The number of nitrogens with one attached hydrogen (secondary N) is 2. The summed E-state index contributed by atoms with van der Waals surface area (Å²) >= 11 is 0. The van der Waals surface area contributed by atoms with Gasteiger partial charge in [0, 0.05) is 18.0 Å². The molecule has 134 valence electrons. The molecule has 7 nitrogen and oxygen atoms in total. The second-order valence-electron chi connectivity index (χ2n) is 5.61. The molecule has 0 aliphatic heterocycles. The second-order valence-corrected chi connectivity index (χ2v) is 5.61. The van der Waals surface area contributed by atoms with Gasteiger partial charge in [-0.05, 0) is 43.2 Å². The predicted octanol–water partition coefficient (Wildman–Crippen LogP) is 3.44. The zero-order valence-electron chi connectivity index (χ0n) is 14.6. The van der Waals surface area contributed by atoms with E-state index in [-0.39, 0.29) is 18.1 Å². The molecule has 0 bridgehead atoms. The number of amides is 1. The van der Waals surface area contributed by atoms with Crippen LogP contribution >= 0.6 is 0 Å². The fourth-order valence-electron chi connectivity index (χ4n) is 2.40. The molecule has 0 fully saturated rings. The first-order valence-corrected chi connectivity index (χ1v) is 8.01. The number of anilines is 1. The first-order chi connectivity index (χ1) is 12.5. The lowest BCUT2D eigenvalue weighted by Gasteiger charge is -2.11. The third-order valence-electron chi connectivity index (χ3n) is 3.67. The summed E-state index contributed by atoms with van der Waals surface area (Å²) in [5, 5.41) is 17.8. The van der Waals surface area contributed by atoms with Gasteiger partial charge in [-0.2, -0.15) is 5.10 Å². The summed E-state index contributed by atoms with van der Waals surface area (Å²) in [5.41, 5.74) is 5.94. The van der Waals surface area contributed by atoms with Crippen molar-refractivity contribution in [2.45, 2.75) is 13.8 Å². The number of benzene rings is 2. The van der Waals surface area contributed by atoms with E-state index in [4.69, 9.17) is 0 Å². The van der Waals surface area contributed by atoms with Gasteiger partial charge >= 0.3 is 0 Å². The minimum atomic E-state index is -0.447. The van der Waals surface area contributed by atoms with E-state index in [1.165, 1.54) is 18.4 Å². The zero-order chi connectivity index (χ0) is 18.9. The van der Waals surface area contributed by atoms with Crippen molar-refractivity contribution in [1.82, 2.24) is 5.43 Å². The largest absolute Gasteiger partial charge is 0.376 e. The maximum Gasteiger partial charge on any atom is 0.276 e. The number of nitrogens with zero attached hydrogens (tertiary/aromatic N) is 2. The van der Waals surface area contributed by atoms with E-state index < -0.39 is 4.92 Å². The Balaban J connectivity index is 1.85. The van der Waals surface area contributed by atoms with Crippen LogP contribution in [0.4, 0.5) is 11.4 Å². The molecule has 0 radical (unpaired) electrons. The smallest absolute Gasteiger partial charge is 0.276 e. The van der Waals surface area contributed by atoms with E-state index in [0.717, 1.165) is 16.8 Å². The van der Waals surface area contributed by atoms with Gasteiger partial charge in [0.05, 0.1) is 17.0 Å². The Bertz CT molecular complexity index is 839. The molecule has 0 aliphatic carbocycles. The van der Waals surface area contributed by atoms with Crippen molar-refractivity contribution in [3.05, 3.63) is 75.3 Å². The van der Waals surface area contributed by atoms with E-state index >= 15 is 0 Å².